The molecule has 0 aliphatic carbocycles. The predicted octanol–water partition coefficient (Wildman–Crippen LogP) is 6.03. The molecule has 6 heteroatoms. The fourth-order valence-electron chi connectivity index (χ4n) is 4.48. The first-order valence-electron chi connectivity index (χ1n) is 12.4. The molecule has 30 heavy (non-hydrogen) atoms. The molecule has 1 aliphatic heterocycles. The van der Waals surface area contributed by atoms with Crippen LogP contribution in [0.25, 0.3) is 5.57 Å². The first-order valence-corrected chi connectivity index (χ1v) is 13.1. The average molecular weight is 438 g/mol. The van der Waals surface area contributed by atoms with Gasteiger partial charge in [-0.2, -0.15) is 4.37 Å². The molecule has 0 saturated heterocycles. The summed E-state index contributed by atoms with van der Waals surface area (Å²) in [4.78, 5) is 0. The monoisotopic (exact) mass is 437 g/mol. The van der Waals surface area contributed by atoms with Crippen molar-refractivity contribution in [3.05, 3.63) is 11.8 Å². The van der Waals surface area contributed by atoms with Crippen LogP contribution in [0.5, 0.6) is 5.88 Å². The number of ether oxygens (including phenoxy) is 1. The average Bonchev–Trinajstić information content (AvgIpc) is 3.21. The van der Waals surface area contributed by atoms with Crippen molar-refractivity contribution in [3.63, 3.8) is 0 Å². The molecule has 0 radical (unpaired) electrons. The van der Waals surface area contributed by atoms with Gasteiger partial charge in [-0.05, 0) is 19.4 Å². The molecule has 1 aromatic heterocycles. The third kappa shape index (κ3) is 7.93. The Morgan fingerprint density at radius 2 is 1.77 bits per heavy atom. The first kappa shape index (κ1) is 25.3. The quantitative estimate of drug-likeness (QED) is 0.253. The Balaban J connectivity index is 1.96. The lowest BCUT2D eigenvalue weighted by Crippen LogP contribution is -2.60. The molecule has 0 fully saturated rings. The zero-order valence-corrected chi connectivity index (χ0v) is 20.7. The van der Waals surface area contributed by atoms with Gasteiger partial charge in [-0.3, -0.25) is 5.32 Å². The molecular weight excluding hydrogens is 392 g/mol. The summed E-state index contributed by atoms with van der Waals surface area (Å²) in [5, 5.41) is 3.80. The van der Waals surface area contributed by atoms with Crippen molar-refractivity contribution in [3.8, 4) is 5.88 Å². The van der Waals surface area contributed by atoms with Gasteiger partial charge in [0.2, 0.25) is 0 Å². The van der Waals surface area contributed by atoms with Crippen LogP contribution in [-0.2, 0) is 0 Å². The van der Waals surface area contributed by atoms with Crippen LogP contribution in [0.2, 0.25) is 0 Å². The highest BCUT2D eigenvalue weighted by Gasteiger charge is 2.36. The molecule has 2 atom stereocenters. The second-order valence-corrected chi connectivity index (χ2v) is 9.51. The molecule has 172 valence electrons. The fraction of sp³-hybridized carbons (Fsp3) is 0.833. The number of nitrogens with zero attached hydrogens (tertiary/aromatic N) is 3. The predicted molar refractivity (Wildman–Crippen MR) is 129 cm³/mol. The molecule has 1 N–H and O–H groups in total. The highest BCUT2D eigenvalue weighted by atomic mass is 32.1. The minimum Gasteiger partial charge on any atom is -0.475 e. The van der Waals surface area contributed by atoms with E-state index in [9.17, 15) is 0 Å². The molecule has 0 spiro atoms. The van der Waals surface area contributed by atoms with Gasteiger partial charge in [0.15, 0.2) is 0 Å². The minimum absolute atomic E-state index is 0.505. The van der Waals surface area contributed by atoms with Crippen molar-refractivity contribution < 1.29 is 9.22 Å². The van der Waals surface area contributed by atoms with Gasteiger partial charge in [0, 0.05) is 18.4 Å². The Labute approximate surface area is 189 Å². The van der Waals surface area contributed by atoms with Crippen molar-refractivity contribution in [2.45, 2.75) is 97.6 Å². The SMILES string of the molecule is CCCCCCCC(NCC)[N+]1(C)CCC=C(c2nsnc2OCCCCCC)C1. The Morgan fingerprint density at radius 1 is 1.03 bits per heavy atom. The molecule has 5 nitrogen and oxygen atoms in total. The number of hydrogen-bond acceptors (Lipinski definition) is 5. The Kier molecular flexibility index (Phi) is 11.9. The fourth-order valence-corrected chi connectivity index (χ4v) is 5.02. The van der Waals surface area contributed by atoms with Gasteiger partial charge in [0.1, 0.15) is 18.4 Å². The van der Waals surface area contributed by atoms with Crippen LogP contribution in [-0.4, -0.2) is 52.7 Å². The third-order valence-corrected chi connectivity index (χ3v) is 6.85. The lowest BCUT2D eigenvalue weighted by Gasteiger charge is -2.44. The van der Waals surface area contributed by atoms with E-state index in [1.807, 2.05) is 0 Å². The summed E-state index contributed by atoms with van der Waals surface area (Å²) in [7, 11) is 2.41. The molecule has 0 amide bonds. The van der Waals surface area contributed by atoms with E-state index in [-0.39, 0.29) is 0 Å². The van der Waals surface area contributed by atoms with Crippen LogP contribution in [0.1, 0.15) is 97.1 Å². The molecule has 1 aliphatic rings. The molecule has 0 bridgehead atoms. The molecule has 0 saturated carbocycles. The van der Waals surface area contributed by atoms with Crippen LogP contribution < -0.4 is 10.1 Å². The van der Waals surface area contributed by atoms with E-state index in [1.54, 1.807) is 0 Å². The highest BCUT2D eigenvalue weighted by molar-refractivity contribution is 6.99. The second-order valence-electron chi connectivity index (χ2n) is 8.98. The zero-order valence-electron chi connectivity index (χ0n) is 19.9. The number of nitrogens with one attached hydrogen (secondary N) is 1. The van der Waals surface area contributed by atoms with Crippen LogP contribution in [0.4, 0.5) is 0 Å². The van der Waals surface area contributed by atoms with E-state index in [0.29, 0.717) is 6.17 Å². The molecule has 0 aromatic carbocycles. The van der Waals surface area contributed by atoms with Gasteiger partial charge in [-0.15, -0.1) is 4.37 Å². The molecule has 2 unspecified atom stereocenters. The zero-order chi connectivity index (χ0) is 21.7. The van der Waals surface area contributed by atoms with Crippen LogP contribution >= 0.6 is 11.7 Å². The number of quaternary nitrogens is 1. The van der Waals surface area contributed by atoms with Crippen molar-refractivity contribution in [2.75, 3.05) is 33.3 Å². The van der Waals surface area contributed by atoms with E-state index in [0.717, 1.165) is 48.6 Å². The Morgan fingerprint density at radius 3 is 2.50 bits per heavy atom. The van der Waals surface area contributed by atoms with Crippen molar-refractivity contribution in [2.24, 2.45) is 0 Å². The first-order chi connectivity index (χ1) is 14.6. The molecule has 2 rings (SSSR count). The highest BCUT2D eigenvalue weighted by Crippen LogP contribution is 2.32. The van der Waals surface area contributed by atoms with Gasteiger partial charge in [0.05, 0.1) is 31.9 Å². The number of likely N-dealkylation sites (N-methyl/N-ethyl adjacent to an activating group) is 1. The maximum Gasteiger partial charge on any atom is 0.253 e. The van der Waals surface area contributed by atoms with Gasteiger partial charge in [-0.25, -0.2) is 0 Å². The van der Waals surface area contributed by atoms with Crippen LogP contribution in [0, 0.1) is 0 Å². The van der Waals surface area contributed by atoms with Crippen molar-refractivity contribution >= 4 is 17.3 Å². The number of aromatic nitrogens is 2. The standard InChI is InChI=1S/C24H45N4OS/c1-5-8-10-12-13-17-22(25-7-3)28(4)18-15-16-21(20-28)23-24(27-30-26-23)29-19-14-11-9-6-2/h16,22,25H,5-15,17-20H2,1-4H3/q+1. The summed E-state index contributed by atoms with van der Waals surface area (Å²) < 4.78 is 16.2. The van der Waals surface area contributed by atoms with Gasteiger partial charge in [0.25, 0.3) is 5.88 Å². The number of hydrogen-bond donors (Lipinski definition) is 1. The van der Waals surface area contributed by atoms with E-state index < -0.39 is 0 Å². The van der Waals surface area contributed by atoms with E-state index in [1.165, 1.54) is 81.6 Å². The lowest BCUT2D eigenvalue weighted by atomic mass is 10.0. The Hall–Kier alpha value is -0.980. The summed E-state index contributed by atoms with van der Waals surface area (Å²) in [6.45, 7) is 10.7. The molecular formula is C24H45N4OS+. The van der Waals surface area contributed by atoms with Crippen molar-refractivity contribution in [1.29, 1.82) is 0 Å². The number of unbranched alkanes of at least 4 members (excludes halogenated alkanes) is 7. The summed E-state index contributed by atoms with van der Waals surface area (Å²) in [6, 6.07) is 0. The lowest BCUT2D eigenvalue weighted by molar-refractivity contribution is -0.931. The van der Waals surface area contributed by atoms with E-state index in [4.69, 9.17) is 4.74 Å². The minimum atomic E-state index is 0.505. The topological polar surface area (TPSA) is 47.0 Å². The van der Waals surface area contributed by atoms with Crippen LogP contribution in [0.15, 0.2) is 6.08 Å². The second kappa shape index (κ2) is 14.2. The third-order valence-electron chi connectivity index (χ3n) is 6.33. The van der Waals surface area contributed by atoms with Gasteiger partial charge >= 0.3 is 0 Å². The maximum atomic E-state index is 6.03. The van der Waals surface area contributed by atoms with Gasteiger partial charge < -0.3 is 9.22 Å². The summed E-state index contributed by atoms with van der Waals surface area (Å²) in [6.07, 6.45) is 16.8. The largest absolute Gasteiger partial charge is 0.475 e. The summed E-state index contributed by atoms with van der Waals surface area (Å²) in [5.41, 5.74) is 2.30. The van der Waals surface area contributed by atoms with E-state index >= 15 is 0 Å². The molecule has 1 aromatic rings. The smallest absolute Gasteiger partial charge is 0.253 e. The normalized spacial score (nSPS) is 20.2. The molecule has 2 heterocycles. The summed E-state index contributed by atoms with van der Waals surface area (Å²) >= 11 is 1.28. The maximum absolute atomic E-state index is 6.03. The van der Waals surface area contributed by atoms with Crippen LogP contribution in [0.3, 0.4) is 0 Å². The summed E-state index contributed by atoms with van der Waals surface area (Å²) in [5.74, 6) is 0.746. The number of rotatable bonds is 16. The van der Waals surface area contributed by atoms with E-state index in [2.05, 4.69) is 48.0 Å². The van der Waals surface area contributed by atoms with Crippen molar-refractivity contribution in [1.82, 2.24) is 14.1 Å². The Bertz CT molecular complexity index is 618. The van der Waals surface area contributed by atoms with Gasteiger partial charge in [-0.1, -0.05) is 71.8 Å².